The van der Waals surface area contributed by atoms with E-state index in [4.69, 9.17) is 11.6 Å². The topological polar surface area (TPSA) is 49.4 Å². The van der Waals surface area contributed by atoms with Crippen LogP contribution in [0.2, 0.25) is 5.02 Å². The minimum atomic E-state index is -1.02. The summed E-state index contributed by atoms with van der Waals surface area (Å²) in [4.78, 5) is 31.1. The molecule has 3 aliphatic heterocycles. The van der Waals surface area contributed by atoms with Gasteiger partial charge in [-0.1, -0.05) is 45.7 Å². The highest BCUT2D eigenvalue weighted by Crippen LogP contribution is 2.61. The van der Waals surface area contributed by atoms with Crippen molar-refractivity contribution in [1.82, 2.24) is 4.90 Å². The van der Waals surface area contributed by atoms with Gasteiger partial charge in [0, 0.05) is 32.7 Å². The number of anilines is 1. The predicted octanol–water partition coefficient (Wildman–Crippen LogP) is 6.07. The van der Waals surface area contributed by atoms with Crippen LogP contribution in [0.4, 0.5) is 5.69 Å². The molecule has 4 atom stereocenters. The van der Waals surface area contributed by atoms with Crippen LogP contribution in [0.15, 0.2) is 64.5 Å². The van der Waals surface area contributed by atoms with Crippen molar-refractivity contribution in [2.24, 2.45) is 5.92 Å². The number of ketones is 1. The molecule has 0 radical (unpaired) electrons. The highest BCUT2D eigenvalue weighted by molar-refractivity contribution is 9.10. The van der Waals surface area contributed by atoms with Crippen molar-refractivity contribution in [2.45, 2.75) is 30.3 Å². The van der Waals surface area contributed by atoms with Gasteiger partial charge in [0.25, 0.3) is 0 Å². The Morgan fingerprint density at radius 3 is 2.75 bits per heavy atom. The zero-order valence-corrected chi connectivity index (χ0v) is 20.2. The molecule has 3 aliphatic rings. The Kier molecular flexibility index (Phi) is 4.84. The largest absolute Gasteiger partial charge is 0.324 e. The smallest absolute Gasteiger partial charge is 0.250 e. The quantitative estimate of drug-likeness (QED) is 0.421. The summed E-state index contributed by atoms with van der Waals surface area (Å²) in [6, 6.07) is 17.6. The van der Waals surface area contributed by atoms with Gasteiger partial charge in [-0.15, -0.1) is 11.3 Å². The van der Waals surface area contributed by atoms with Gasteiger partial charge in [0.05, 0.1) is 10.8 Å². The maximum Gasteiger partial charge on any atom is 0.250 e. The number of fused-ring (bicyclic) bond motifs is 4. The second kappa shape index (κ2) is 7.52. The summed E-state index contributed by atoms with van der Waals surface area (Å²) in [6.45, 7) is 0.794. The second-order valence-electron chi connectivity index (χ2n) is 8.71. The third-order valence-electron chi connectivity index (χ3n) is 7.26. The van der Waals surface area contributed by atoms with Gasteiger partial charge in [-0.25, -0.2) is 0 Å². The highest BCUT2D eigenvalue weighted by Gasteiger charge is 2.69. The Labute approximate surface area is 203 Å². The molecule has 1 amide bonds. The minimum Gasteiger partial charge on any atom is -0.324 e. The molecule has 0 unspecified atom stereocenters. The first-order valence-corrected chi connectivity index (χ1v) is 12.8. The molecular weight excluding hydrogens is 508 g/mol. The molecule has 0 bridgehead atoms. The third-order valence-corrected chi connectivity index (χ3v) is 8.89. The van der Waals surface area contributed by atoms with E-state index in [0.717, 1.165) is 40.7 Å². The molecule has 32 heavy (non-hydrogen) atoms. The van der Waals surface area contributed by atoms with Gasteiger partial charge in [0.1, 0.15) is 5.54 Å². The molecule has 1 spiro atoms. The number of nitrogens with zero attached hydrogens (tertiary/aromatic N) is 1. The summed E-state index contributed by atoms with van der Waals surface area (Å²) in [5.74, 6) is -0.676. The standard InChI is InChI=1S/C25H20BrClN2O2S/c26-15-7-10-18-17(13-15)25(24(31)28-18)22(23(30)20-4-2-12-32-20)21(19-3-1-11-29(19)25)14-5-8-16(27)9-6-14/h2,4-10,12-13,19,21-22H,1,3,11H2,(H,28,31)/t19-,21-,22-,25+/m1/s1. The molecule has 0 saturated carbocycles. The van der Waals surface area contributed by atoms with Crippen molar-refractivity contribution in [3.63, 3.8) is 0 Å². The molecule has 6 rings (SSSR count). The average Bonchev–Trinajstić information content (AvgIpc) is 3.55. The van der Waals surface area contributed by atoms with Crippen LogP contribution in [0.25, 0.3) is 0 Å². The molecule has 162 valence electrons. The first-order valence-electron chi connectivity index (χ1n) is 10.7. The lowest BCUT2D eigenvalue weighted by atomic mass is 9.69. The molecule has 1 N–H and O–H groups in total. The number of carbonyl (C=O) groups is 2. The zero-order valence-electron chi connectivity index (χ0n) is 17.1. The Hall–Kier alpha value is -1.99. The van der Waals surface area contributed by atoms with E-state index in [1.54, 1.807) is 0 Å². The first-order chi connectivity index (χ1) is 15.5. The van der Waals surface area contributed by atoms with Gasteiger partial charge < -0.3 is 5.32 Å². The maximum atomic E-state index is 14.2. The van der Waals surface area contributed by atoms with Gasteiger partial charge in [-0.2, -0.15) is 0 Å². The molecule has 3 aromatic rings. The number of thiophene rings is 1. The lowest BCUT2D eigenvalue weighted by Crippen LogP contribution is -2.52. The normalized spacial score (nSPS) is 28.7. The number of hydrogen-bond donors (Lipinski definition) is 1. The maximum absolute atomic E-state index is 14.2. The first kappa shape index (κ1) is 20.6. The van der Waals surface area contributed by atoms with Crippen LogP contribution in [0.3, 0.4) is 0 Å². The van der Waals surface area contributed by atoms with Crippen LogP contribution in [0, 0.1) is 5.92 Å². The van der Waals surface area contributed by atoms with E-state index in [1.807, 2.05) is 60.0 Å². The van der Waals surface area contributed by atoms with Gasteiger partial charge in [0.2, 0.25) is 5.91 Å². The van der Waals surface area contributed by atoms with Crippen molar-refractivity contribution in [1.29, 1.82) is 0 Å². The average molecular weight is 528 g/mol. The van der Waals surface area contributed by atoms with Crippen molar-refractivity contribution in [3.8, 4) is 0 Å². The summed E-state index contributed by atoms with van der Waals surface area (Å²) in [5.41, 5.74) is 1.74. The van der Waals surface area contributed by atoms with Gasteiger partial charge in [0.15, 0.2) is 5.78 Å². The zero-order chi connectivity index (χ0) is 22.0. The van der Waals surface area contributed by atoms with E-state index in [2.05, 4.69) is 26.1 Å². The summed E-state index contributed by atoms with van der Waals surface area (Å²) in [6.07, 6.45) is 1.97. The summed E-state index contributed by atoms with van der Waals surface area (Å²) in [5, 5.41) is 5.70. The van der Waals surface area contributed by atoms with Crippen molar-refractivity contribution < 1.29 is 9.59 Å². The fourth-order valence-electron chi connectivity index (χ4n) is 6.16. The number of Topliss-reactive ketones (excluding diaryl/α,β-unsaturated/α-hetero) is 1. The second-order valence-corrected chi connectivity index (χ2v) is 11.0. The van der Waals surface area contributed by atoms with E-state index in [1.165, 1.54) is 11.3 Å². The Morgan fingerprint density at radius 2 is 2.00 bits per heavy atom. The number of nitrogens with one attached hydrogen (secondary N) is 1. The Balaban J connectivity index is 1.63. The highest BCUT2D eigenvalue weighted by atomic mass is 79.9. The van der Waals surface area contributed by atoms with E-state index >= 15 is 0 Å². The Morgan fingerprint density at radius 1 is 1.19 bits per heavy atom. The molecular formula is C25H20BrClN2O2S. The molecule has 2 aromatic carbocycles. The monoisotopic (exact) mass is 526 g/mol. The summed E-state index contributed by atoms with van der Waals surface area (Å²) < 4.78 is 0.903. The Bertz CT molecular complexity index is 1230. The number of rotatable bonds is 3. The van der Waals surface area contributed by atoms with Crippen molar-refractivity contribution in [3.05, 3.63) is 85.5 Å². The third kappa shape index (κ3) is 2.76. The fraction of sp³-hybridized carbons (Fsp3) is 0.280. The van der Waals surface area contributed by atoms with Crippen LogP contribution in [0.5, 0.6) is 0 Å². The molecule has 7 heteroatoms. The molecule has 1 aromatic heterocycles. The number of amides is 1. The van der Waals surface area contributed by atoms with E-state index in [0.29, 0.717) is 9.90 Å². The van der Waals surface area contributed by atoms with E-state index < -0.39 is 11.5 Å². The van der Waals surface area contributed by atoms with Crippen LogP contribution < -0.4 is 5.32 Å². The van der Waals surface area contributed by atoms with Gasteiger partial charge in [-0.05, 0) is 66.7 Å². The lowest BCUT2D eigenvalue weighted by Gasteiger charge is -2.36. The van der Waals surface area contributed by atoms with Gasteiger partial charge in [-0.3, -0.25) is 14.5 Å². The SMILES string of the molecule is O=C(c1cccs1)[C@H]1[C@H](c2ccc(Cl)cc2)[C@H]2CCCN2[C@]12C(=O)Nc1ccc(Br)cc12. The van der Waals surface area contributed by atoms with Crippen LogP contribution in [0.1, 0.15) is 39.6 Å². The molecule has 2 saturated heterocycles. The minimum absolute atomic E-state index is 0.0392. The molecule has 0 aliphatic carbocycles. The van der Waals surface area contributed by atoms with Crippen LogP contribution in [-0.4, -0.2) is 29.2 Å². The van der Waals surface area contributed by atoms with E-state index in [9.17, 15) is 9.59 Å². The fourth-order valence-corrected chi connectivity index (χ4v) is 7.35. The molecule has 4 nitrogen and oxygen atoms in total. The summed E-state index contributed by atoms with van der Waals surface area (Å²) >= 11 is 11.2. The number of carbonyl (C=O) groups excluding carboxylic acids is 2. The van der Waals surface area contributed by atoms with Gasteiger partial charge >= 0.3 is 0 Å². The number of hydrogen-bond acceptors (Lipinski definition) is 4. The van der Waals surface area contributed by atoms with Crippen molar-refractivity contribution >= 4 is 56.2 Å². The predicted molar refractivity (Wildman–Crippen MR) is 131 cm³/mol. The van der Waals surface area contributed by atoms with Crippen LogP contribution >= 0.6 is 38.9 Å². The van der Waals surface area contributed by atoms with E-state index in [-0.39, 0.29) is 23.7 Å². The lowest BCUT2D eigenvalue weighted by molar-refractivity contribution is -0.127. The molecule has 2 fully saturated rings. The van der Waals surface area contributed by atoms with Crippen molar-refractivity contribution in [2.75, 3.05) is 11.9 Å². The van der Waals surface area contributed by atoms with Crippen LogP contribution in [-0.2, 0) is 10.3 Å². The molecule has 4 heterocycles. The number of halogens is 2. The number of benzene rings is 2. The summed E-state index contributed by atoms with van der Waals surface area (Å²) in [7, 11) is 0.